The number of benzene rings is 3. The Hall–Kier alpha value is -3.32. The van der Waals surface area contributed by atoms with Crippen molar-refractivity contribution in [1.82, 2.24) is 14.7 Å². The number of amides is 1. The molecule has 1 aromatic heterocycles. The van der Waals surface area contributed by atoms with E-state index in [9.17, 15) is 4.79 Å². The average Bonchev–Trinajstić information content (AvgIpc) is 3.18. The first-order valence-corrected chi connectivity index (χ1v) is 11.8. The number of para-hydroxylation sites is 2. The van der Waals surface area contributed by atoms with Crippen LogP contribution < -0.4 is 4.74 Å². The molecule has 0 radical (unpaired) electrons. The van der Waals surface area contributed by atoms with E-state index in [1.807, 2.05) is 49.4 Å². The maximum atomic E-state index is 13.4. The number of methoxy groups -OCH3 is 1. The van der Waals surface area contributed by atoms with Gasteiger partial charge in [-0.2, -0.15) is 5.10 Å². The number of nitrogens with zero attached hydrogens (tertiary/aromatic N) is 3. The highest BCUT2D eigenvalue weighted by atomic mass is 35.5. The molecule has 1 amide bonds. The van der Waals surface area contributed by atoms with E-state index in [4.69, 9.17) is 37.8 Å². The normalized spacial score (nSPS) is 10.9. The van der Waals surface area contributed by atoms with Crippen molar-refractivity contribution in [3.8, 4) is 17.3 Å². The maximum Gasteiger partial charge on any atom is 0.254 e. The van der Waals surface area contributed by atoms with Crippen molar-refractivity contribution in [2.45, 2.75) is 13.5 Å². The van der Waals surface area contributed by atoms with Crippen LogP contribution in [0.4, 0.5) is 0 Å². The van der Waals surface area contributed by atoms with E-state index in [-0.39, 0.29) is 12.5 Å². The Balaban J connectivity index is 1.76. The molecule has 0 aliphatic heterocycles. The van der Waals surface area contributed by atoms with Gasteiger partial charge in [0.15, 0.2) is 0 Å². The highest BCUT2D eigenvalue weighted by Crippen LogP contribution is 2.35. The second kappa shape index (κ2) is 11.4. The molecule has 0 saturated carbocycles. The van der Waals surface area contributed by atoms with Gasteiger partial charge in [0.25, 0.3) is 5.91 Å². The van der Waals surface area contributed by atoms with Crippen molar-refractivity contribution in [3.63, 3.8) is 0 Å². The summed E-state index contributed by atoms with van der Waals surface area (Å²) in [5.74, 6) is 0.849. The molecule has 35 heavy (non-hydrogen) atoms. The van der Waals surface area contributed by atoms with E-state index in [2.05, 4.69) is 0 Å². The zero-order valence-electron chi connectivity index (χ0n) is 19.4. The summed E-state index contributed by atoms with van der Waals surface area (Å²) in [5, 5.41) is 5.79. The van der Waals surface area contributed by atoms with E-state index in [0.717, 1.165) is 16.9 Å². The Bertz CT molecular complexity index is 1290. The fourth-order valence-electron chi connectivity index (χ4n) is 3.62. The van der Waals surface area contributed by atoms with E-state index in [1.165, 1.54) is 0 Å². The lowest BCUT2D eigenvalue weighted by Crippen LogP contribution is -2.33. The fraction of sp³-hybridized carbons (Fsp3) is 0.185. The number of aromatic nitrogens is 2. The van der Waals surface area contributed by atoms with Gasteiger partial charge in [-0.05, 0) is 55.5 Å². The fourth-order valence-corrected chi connectivity index (χ4v) is 3.92. The second-order valence-electron chi connectivity index (χ2n) is 7.88. The smallest absolute Gasteiger partial charge is 0.254 e. The van der Waals surface area contributed by atoms with Crippen LogP contribution in [-0.4, -0.2) is 40.8 Å². The summed E-state index contributed by atoms with van der Waals surface area (Å²) in [4.78, 5) is 15.1. The number of aryl methyl sites for hydroxylation is 1. The second-order valence-corrected chi connectivity index (χ2v) is 8.72. The zero-order valence-corrected chi connectivity index (χ0v) is 21.0. The average molecular weight is 510 g/mol. The van der Waals surface area contributed by atoms with Gasteiger partial charge in [0.2, 0.25) is 5.88 Å². The van der Waals surface area contributed by atoms with Gasteiger partial charge in [0.05, 0.1) is 35.1 Å². The number of carbonyl (C=O) groups is 1. The van der Waals surface area contributed by atoms with Crippen molar-refractivity contribution >= 4 is 29.1 Å². The number of hydrogen-bond acceptors (Lipinski definition) is 4. The Morgan fingerprint density at radius 3 is 2.34 bits per heavy atom. The largest absolute Gasteiger partial charge is 0.437 e. The van der Waals surface area contributed by atoms with Crippen molar-refractivity contribution in [1.29, 1.82) is 0 Å². The third-order valence-electron chi connectivity index (χ3n) is 5.47. The van der Waals surface area contributed by atoms with Gasteiger partial charge in [-0.3, -0.25) is 4.79 Å². The zero-order chi connectivity index (χ0) is 24.8. The molecule has 0 fully saturated rings. The number of halogens is 2. The molecule has 0 unspecified atom stereocenters. The van der Waals surface area contributed by atoms with E-state index >= 15 is 0 Å². The summed E-state index contributed by atoms with van der Waals surface area (Å²) < 4.78 is 13.3. The highest BCUT2D eigenvalue weighted by molar-refractivity contribution is 6.32. The van der Waals surface area contributed by atoms with Crippen molar-refractivity contribution in [2.75, 3.05) is 20.3 Å². The molecule has 4 aromatic rings. The molecule has 4 rings (SSSR count). The lowest BCUT2D eigenvalue weighted by atomic mass is 10.1. The van der Waals surface area contributed by atoms with Crippen LogP contribution in [0, 0.1) is 6.92 Å². The van der Waals surface area contributed by atoms with Crippen molar-refractivity contribution < 1.29 is 14.3 Å². The highest BCUT2D eigenvalue weighted by Gasteiger charge is 2.24. The van der Waals surface area contributed by atoms with Crippen LogP contribution in [-0.2, 0) is 11.3 Å². The summed E-state index contributed by atoms with van der Waals surface area (Å²) >= 11 is 12.4. The Morgan fingerprint density at radius 1 is 0.971 bits per heavy atom. The molecule has 8 heteroatoms. The standard InChI is InChI=1S/C27H25Cl2N3O3/c1-19-23(18-31(16-17-34-2)26(33)20-12-14-21(28)15-13-20)27(35-25-11-7-6-10-24(25)29)32(30-19)22-8-4-3-5-9-22/h3-15H,16-18H2,1-2H3. The summed E-state index contributed by atoms with van der Waals surface area (Å²) in [6, 6.07) is 23.8. The quantitative estimate of drug-likeness (QED) is 0.256. The monoisotopic (exact) mass is 509 g/mol. The predicted molar refractivity (Wildman–Crippen MR) is 138 cm³/mol. The predicted octanol–water partition coefficient (Wildman–Crippen LogP) is 6.57. The molecule has 0 aliphatic rings. The Labute approximate surface area is 214 Å². The number of ether oxygens (including phenoxy) is 2. The lowest BCUT2D eigenvalue weighted by molar-refractivity contribution is 0.0679. The Morgan fingerprint density at radius 2 is 1.66 bits per heavy atom. The summed E-state index contributed by atoms with van der Waals surface area (Å²) in [6.45, 7) is 2.93. The Kier molecular flexibility index (Phi) is 8.08. The number of carbonyl (C=O) groups excluding carboxylic acids is 1. The van der Waals surface area contributed by atoms with Crippen molar-refractivity contribution in [3.05, 3.63) is 106 Å². The summed E-state index contributed by atoms with van der Waals surface area (Å²) in [5.41, 5.74) is 2.87. The first kappa shape index (κ1) is 24.8. The minimum absolute atomic E-state index is 0.144. The minimum Gasteiger partial charge on any atom is -0.437 e. The van der Waals surface area contributed by atoms with Crippen LogP contribution in [0.1, 0.15) is 21.6 Å². The van der Waals surface area contributed by atoms with Crippen LogP contribution in [0.25, 0.3) is 5.69 Å². The first-order valence-electron chi connectivity index (χ1n) is 11.1. The molecule has 0 aliphatic carbocycles. The van der Waals surface area contributed by atoms with Gasteiger partial charge >= 0.3 is 0 Å². The topological polar surface area (TPSA) is 56.6 Å². The van der Waals surface area contributed by atoms with Gasteiger partial charge in [0.1, 0.15) is 5.75 Å². The SMILES string of the molecule is COCCN(Cc1c(C)nn(-c2ccccc2)c1Oc1ccccc1Cl)C(=O)c1ccc(Cl)cc1. The maximum absolute atomic E-state index is 13.4. The molecular weight excluding hydrogens is 485 g/mol. The van der Waals surface area contributed by atoms with Gasteiger partial charge in [-0.15, -0.1) is 0 Å². The summed E-state index contributed by atoms with van der Waals surface area (Å²) in [6.07, 6.45) is 0. The molecule has 3 aromatic carbocycles. The van der Waals surface area contributed by atoms with Crippen LogP contribution in [0.3, 0.4) is 0 Å². The molecule has 0 bridgehead atoms. The van der Waals surface area contributed by atoms with Crippen LogP contribution in [0.15, 0.2) is 78.9 Å². The van der Waals surface area contributed by atoms with E-state index < -0.39 is 0 Å². The van der Waals surface area contributed by atoms with Gasteiger partial charge in [0, 0.05) is 24.2 Å². The molecular formula is C27H25Cl2N3O3. The van der Waals surface area contributed by atoms with Crippen LogP contribution >= 0.6 is 23.2 Å². The summed E-state index contributed by atoms with van der Waals surface area (Å²) in [7, 11) is 1.61. The van der Waals surface area contributed by atoms with Crippen molar-refractivity contribution in [2.24, 2.45) is 0 Å². The third-order valence-corrected chi connectivity index (χ3v) is 6.04. The van der Waals surface area contributed by atoms with E-state index in [0.29, 0.717) is 40.4 Å². The molecule has 6 nitrogen and oxygen atoms in total. The van der Waals surface area contributed by atoms with E-state index in [1.54, 1.807) is 53.1 Å². The lowest BCUT2D eigenvalue weighted by Gasteiger charge is -2.23. The number of rotatable bonds is 9. The third kappa shape index (κ3) is 5.85. The van der Waals surface area contributed by atoms with Crippen LogP contribution in [0.5, 0.6) is 11.6 Å². The van der Waals surface area contributed by atoms with Gasteiger partial charge < -0.3 is 14.4 Å². The number of hydrogen-bond donors (Lipinski definition) is 0. The first-order chi connectivity index (χ1) is 17.0. The molecule has 1 heterocycles. The van der Waals surface area contributed by atoms with Crippen LogP contribution in [0.2, 0.25) is 10.0 Å². The molecule has 180 valence electrons. The molecule has 0 atom stereocenters. The molecule has 0 N–H and O–H groups in total. The molecule has 0 saturated heterocycles. The van der Waals surface area contributed by atoms with Gasteiger partial charge in [-0.1, -0.05) is 53.5 Å². The van der Waals surface area contributed by atoms with Gasteiger partial charge in [-0.25, -0.2) is 4.68 Å². The molecule has 0 spiro atoms. The minimum atomic E-state index is -0.144.